The Labute approximate surface area is 243 Å². The number of pyridine rings is 1. The molecule has 0 aliphatic heterocycles. The van der Waals surface area contributed by atoms with Crippen LogP contribution in [0.2, 0.25) is 0 Å². The fraction of sp³-hybridized carbons (Fsp3) is 0.438. The van der Waals surface area contributed by atoms with Crippen LogP contribution >= 0.6 is 15.9 Å². The summed E-state index contributed by atoms with van der Waals surface area (Å²) in [6.07, 6.45) is 7.35. The summed E-state index contributed by atoms with van der Waals surface area (Å²) in [5.41, 5.74) is 3.32. The molecule has 0 bridgehead atoms. The number of carbonyl (C=O) groups is 2. The molecule has 2 saturated carbocycles. The number of fused-ring (bicyclic) bond motifs is 1. The van der Waals surface area contributed by atoms with Gasteiger partial charge in [-0.3, -0.25) is 9.59 Å². The summed E-state index contributed by atoms with van der Waals surface area (Å²) in [4.78, 5) is 37.0. The van der Waals surface area contributed by atoms with Gasteiger partial charge in [-0.05, 0) is 69.7 Å². The Bertz CT molecular complexity index is 1440. The van der Waals surface area contributed by atoms with E-state index in [1.54, 1.807) is 0 Å². The van der Waals surface area contributed by atoms with E-state index in [-0.39, 0.29) is 24.3 Å². The monoisotopic (exact) mass is 605 g/mol. The van der Waals surface area contributed by atoms with Gasteiger partial charge >= 0.3 is 5.97 Å². The van der Waals surface area contributed by atoms with Crippen molar-refractivity contribution in [1.29, 1.82) is 0 Å². The summed E-state index contributed by atoms with van der Waals surface area (Å²) in [6.45, 7) is 3.98. The minimum Gasteiger partial charge on any atom is -0.481 e. The number of aromatic nitrogens is 1. The van der Waals surface area contributed by atoms with E-state index in [0.717, 1.165) is 70.7 Å². The minimum atomic E-state index is -0.895. The molecule has 2 aromatic carbocycles. The van der Waals surface area contributed by atoms with Gasteiger partial charge in [-0.15, -0.1) is 0 Å². The molecule has 1 amide bonds. The predicted octanol–water partition coefficient (Wildman–Crippen LogP) is 7.59. The second kappa shape index (κ2) is 11.7. The maximum absolute atomic E-state index is 14.4. The molecule has 0 atom stereocenters. The molecule has 3 aromatic rings. The summed E-state index contributed by atoms with van der Waals surface area (Å²) >= 11 is 3.57. The van der Waals surface area contributed by atoms with E-state index in [1.807, 2.05) is 62.4 Å². The van der Waals surface area contributed by atoms with Crippen LogP contribution in [0.4, 0.5) is 0 Å². The molecule has 0 spiro atoms. The Morgan fingerprint density at radius 2 is 1.75 bits per heavy atom. The zero-order valence-electron chi connectivity index (χ0n) is 23.1. The van der Waals surface area contributed by atoms with Crippen molar-refractivity contribution in [3.05, 3.63) is 64.1 Å². The number of rotatable bonds is 9. The lowest BCUT2D eigenvalue weighted by Gasteiger charge is -2.41. The Morgan fingerprint density at radius 3 is 2.40 bits per heavy atom. The van der Waals surface area contributed by atoms with Gasteiger partial charge in [-0.2, -0.15) is 0 Å². The summed E-state index contributed by atoms with van der Waals surface area (Å²) in [7, 11) is 0. The molecule has 8 heteroatoms. The summed E-state index contributed by atoms with van der Waals surface area (Å²) < 4.78 is 0.862. The third-order valence-corrected chi connectivity index (χ3v) is 8.93. The van der Waals surface area contributed by atoms with Crippen LogP contribution in [0.1, 0.15) is 87.1 Å². The molecule has 40 heavy (non-hydrogen) atoms. The highest BCUT2D eigenvalue weighted by Gasteiger charge is 2.41. The van der Waals surface area contributed by atoms with Crippen LogP contribution < -0.4 is 5.32 Å². The molecule has 0 saturated heterocycles. The molecule has 2 aliphatic carbocycles. The molecule has 7 nitrogen and oxygen atoms in total. The second-order valence-corrected chi connectivity index (χ2v) is 12.3. The van der Waals surface area contributed by atoms with Crippen LogP contribution in [-0.4, -0.2) is 38.8 Å². The van der Waals surface area contributed by atoms with Crippen LogP contribution in [0.5, 0.6) is 0 Å². The average molecular weight is 607 g/mol. The Hall–Kier alpha value is -3.26. The number of nitrogens with one attached hydrogen (secondary N) is 1. The number of carboxylic acids is 1. The standard InChI is InChI=1S/C32H36BrN3O4/c1-21-28(24-20-23(33)12-13-25(24)34-29(21)22-10-5-3-6-11-22)30(39)35-32(18-7-4-8-19-32)26(14-15-27(37)38)36-40-31(2)16-9-17-31/h3,5-6,10-13,20H,4,7-9,14-19H2,1-2H3,(H,35,39)(H,37,38)/b36-26+. The van der Waals surface area contributed by atoms with Crippen molar-refractivity contribution in [3.63, 3.8) is 0 Å². The molecule has 5 rings (SSSR count). The smallest absolute Gasteiger partial charge is 0.303 e. The van der Waals surface area contributed by atoms with Gasteiger partial charge in [-0.1, -0.05) is 70.7 Å². The third kappa shape index (κ3) is 5.92. The van der Waals surface area contributed by atoms with E-state index in [0.29, 0.717) is 24.1 Å². The average Bonchev–Trinajstić information content (AvgIpc) is 2.92. The van der Waals surface area contributed by atoms with Crippen LogP contribution in [0.25, 0.3) is 22.2 Å². The van der Waals surface area contributed by atoms with E-state index in [2.05, 4.69) is 26.4 Å². The number of nitrogens with zero attached hydrogens (tertiary/aromatic N) is 2. The lowest BCUT2D eigenvalue weighted by Crippen LogP contribution is -2.56. The summed E-state index contributed by atoms with van der Waals surface area (Å²) in [6, 6.07) is 15.7. The Morgan fingerprint density at radius 1 is 1.02 bits per heavy atom. The lowest BCUT2D eigenvalue weighted by molar-refractivity contribution is -0.136. The van der Waals surface area contributed by atoms with Gasteiger partial charge in [0, 0.05) is 21.8 Å². The SMILES string of the molecule is Cc1c(-c2ccccc2)nc2ccc(Br)cc2c1C(=O)NC1(/C(CCC(=O)O)=N/OC2(C)CCC2)CCCCC1. The number of halogens is 1. The van der Waals surface area contributed by atoms with Crippen molar-refractivity contribution in [2.45, 2.75) is 89.2 Å². The van der Waals surface area contributed by atoms with E-state index >= 15 is 0 Å². The third-order valence-electron chi connectivity index (χ3n) is 8.44. The maximum Gasteiger partial charge on any atom is 0.303 e. The van der Waals surface area contributed by atoms with Crippen molar-refractivity contribution in [2.24, 2.45) is 5.16 Å². The normalized spacial score (nSPS) is 18.1. The molecule has 0 radical (unpaired) electrons. The molecular weight excluding hydrogens is 570 g/mol. The molecule has 2 fully saturated rings. The zero-order valence-corrected chi connectivity index (χ0v) is 24.7. The molecule has 1 heterocycles. The van der Waals surface area contributed by atoms with Crippen LogP contribution in [0.3, 0.4) is 0 Å². The first-order valence-corrected chi connectivity index (χ1v) is 14.9. The molecule has 2 N–H and O–H groups in total. The Balaban J connectivity index is 1.59. The van der Waals surface area contributed by atoms with Gasteiger partial charge in [0.15, 0.2) is 0 Å². The van der Waals surface area contributed by atoms with E-state index in [9.17, 15) is 14.7 Å². The van der Waals surface area contributed by atoms with E-state index in [4.69, 9.17) is 9.82 Å². The lowest BCUT2D eigenvalue weighted by atomic mass is 9.76. The number of carbonyl (C=O) groups excluding carboxylic acids is 1. The fourth-order valence-corrected chi connectivity index (χ4v) is 6.31. The van der Waals surface area contributed by atoms with Gasteiger partial charge in [0.2, 0.25) is 0 Å². The first-order chi connectivity index (χ1) is 19.2. The summed E-state index contributed by atoms with van der Waals surface area (Å²) in [5, 5.41) is 18.3. The van der Waals surface area contributed by atoms with Crippen LogP contribution in [0.15, 0.2) is 58.2 Å². The van der Waals surface area contributed by atoms with Crippen molar-refractivity contribution in [3.8, 4) is 11.3 Å². The highest BCUT2D eigenvalue weighted by atomic mass is 79.9. The largest absolute Gasteiger partial charge is 0.481 e. The second-order valence-electron chi connectivity index (χ2n) is 11.4. The van der Waals surface area contributed by atoms with Crippen molar-refractivity contribution >= 4 is 44.4 Å². The van der Waals surface area contributed by atoms with Crippen molar-refractivity contribution < 1.29 is 19.5 Å². The Kier molecular flexibility index (Phi) is 8.26. The van der Waals surface area contributed by atoms with E-state index in [1.165, 1.54) is 0 Å². The quantitative estimate of drug-likeness (QED) is 0.193. The number of oxime groups is 1. The number of benzene rings is 2. The molecule has 2 aliphatic rings. The number of hydrogen-bond acceptors (Lipinski definition) is 5. The number of aliphatic carboxylic acids is 1. The fourth-order valence-electron chi connectivity index (χ4n) is 5.95. The number of hydrogen-bond donors (Lipinski definition) is 2. The van der Waals surface area contributed by atoms with E-state index < -0.39 is 11.5 Å². The molecule has 0 unspecified atom stereocenters. The van der Waals surface area contributed by atoms with Gasteiger partial charge < -0.3 is 15.3 Å². The molecular formula is C32H36BrN3O4. The highest BCUT2D eigenvalue weighted by molar-refractivity contribution is 9.10. The van der Waals surface area contributed by atoms with Gasteiger partial charge in [0.05, 0.1) is 34.4 Å². The topological polar surface area (TPSA) is 101 Å². The zero-order chi connectivity index (χ0) is 28.3. The first kappa shape index (κ1) is 28.3. The van der Waals surface area contributed by atoms with Crippen LogP contribution in [0, 0.1) is 6.92 Å². The minimum absolute atomic E-state index is 0.0706. The maximum atomic E-state index is 14.4. The predicted molar refractivity (Wildman–Crippen MR) is 161 cm³/mol. The molecule has 1 aromatic heterocycles. The van der Waals surface area contributed by atoms with Crippen molar-refractivity contribution in [2.75, 3.05) is 0 Å². The first-order valence-electron chi connectivity index (χ1n) is 14.1. The highest BCUT2D eigenvalue weighted by Crippen LogP contribution is 2.38. The van der Waals surface area contributed by atoms with Crippen LogP contribution in [-0.2, 0) is 9.63 Å². The summed E-state index contributed by atoms with van der Waals surface area (Å²) in [5.74, 6) is -1.10. The van der Waals surface area contributed by atoms with Gasteiger partial charge in [0.1, 0.15) is 5.60 Å². The number of amides is 1. The van der Waals surface area contributed by atoms with Crippen molar-refractivity contribution in [1.82, 2.24) is 10.3 Å². The van der Waals surface area contributed by atoms with Gasteiger partial charge in [0.25, 0.3) is 5.91 Å². The van der Waals surface area contributed by atoms with Gasteiger partial charge in [-0.25, -0.2) is 4.98 Å². The number of carboxylic acid groups (broad SMARTS) is 1. The molecule has 210 valence electrons.